The Morgan fingerprint density at radius 3 is 3.00 bits per heavy atom. The van der Waals surface area contributed by atoms with Crippen molar-refractivity contribution in [3.63, 3.8) is 0 Å². The zero-order valence-electron chi connectivity index (χ0n) is 11.0. The van der Waals surface area contributed by atoms with Crippen LogP contribution >= 0.6 is 0 Å². The van der Waals surface area contributed by atoms with Crippen LogP contribution in [0.2, 0.25) is 0 Å². The van der Waals surface area contributed by atoms with E-state index in [9.17, 15) is 13.6 Å². The summed E-state index contributed by atoms with van der Waals surface area (Å²) in [6, 6.07) is 4.76. The van der Waals surface area contributed by atoms with E-state index in [0.717, 1.165) is 5.56 Å². The van der Waals surface area contributed by atoms with Gasteiger partial charge in [0.25, 0.3) is 11.8 Å². The van der Waals surface area contributed by atoms with E-state index < -0.39 is 19.1 Å². The standard InChI is InChI=1S/C13H16F2N2O3/c1-8(16-6-13(14,15)7-18)9-2-3-11-10(4-9)17-12(19)5-20-11/h2-4,8,16,18H,5-7H2,1H3,(H,17,19). The van der Waals surface area contributed by atoms with Crippen molar-refractivity contribution in [2.45, 2.75) is 18.9 Å². The van der Waals surface area contributed by atoms with Crippen molar-refractivity contribution in [3.05, 3.63) is 23.8 Å². The fraction of sp³-hybridized carbons (Fsp3) is 0.462. The maximum atomic E-state index is 13.0. The maximum Gasteiger partial charge on any atom is 0.282 e. The summed E-state index contributed by atoms with van der Waals surface area (Å²) in [6.07, 6.45) is 0. The van der Waals surface area contributed by atoms with Gasteiger partial charge < -0.3 is 20.5 Å². The number of nitrogens with one attached hydrogen (secondary N) is 2. The predicted octanol–water partition coefficient (Wildman–Crippen LogP) is 1.30. The summed E-state index contributed by atoms with van der Waals surface area (Å²) < 4.78 is 31.1. The van der Waals surface area contributed by atoms with Crippen molar-refractivity contribution < 1.29 is 23.4 Å². The van der Waals surface area contributed by atoms with Gasteiger partial charge in [-0.1, -0.05) is 6.07 Å². The topological polar surface area (TPSA) is 70.6 Å². The molecule has 0 aromatic heterocycles. The molecule has 1 unspecified atom stereocenters. The third-order valence-electron chi connectivity index (χ3n) is 3.03. The van der Waals surface area contributed by atoms with E-state index in [1.807, 2.05) is 0 Å². The highest BCUT2D eigenvalue weighted by Gasteiger charge is 2.28. The molecular weight excluding hydrogens is 270 g/mol. The molecule has 0 saturated heterocycles. The quantitative estimate of drug-likeness (QED) is 0.763. The average Bonchev–Trinajstić information content (AvgIpc) is 2.44. The summed E-state index contributed by atoms with van der Waals surface area (Å²) >= 11 is 0. The van der Waals surface area contributed by atoms with E-state index in [1.165, 1.54) is 0 Å². The van der Waals surface area contributed by atoms with Crippen LogP contribution in [0, 0.1) is 0 Å². The Hall–Kier alpha value is -1.73. The average molecular weight is 286 g/mol. The van der Waals surface area contributed by atoms with E-state index >= 15 is 0 Å². The third kappa shape index (κ3) is 3.43. The molecule has 20 heavy (non-hydrogen) atoms. The molecule has 1 aromatic rings. The molecule has 1 aliphatic heterocycles. The first-order valence-corrected chi connectivity index (χ1v) is 6.20. The van der Waals surface area contributed by atoms with E-state index in [1.54, 1.807) is 25.1 Å². The molecule has 2 rings (SSSR count). The molecule has 3 N–H and O–H groups in total. The lowest BCUT2D eigenvalue weighted by molar-refractivity contribution is -0.118. The molecule has 0 radical (unpaired) electrons. The highest BCUT2D eigenvalue weighted by Crippen LogP contribution is 2.30. The van der Waals surface area contributed by atoms with Crippen LogP contribution in [-0.2, 0) is 4.79 Å². The number of ether oxygens (including phenoxy) is 1. The van der Waals surface area contributed by atoms with Crippen LogP contribution in [0.4, 0.5) is 14.5 Å². The maximum absolute atomic E-state index is 13.0. The molecule has 5 nitrogen and oxygen atoms in total. The summed E-state index contributed by atoms with van der Waals surface area (Å²) in [4.78, 5) is 11.2. The third-order valence-corrected chi connectivity index (χ3v) is 3.03. The van der Waals surface area contributed by atoms with E-state index in [-0.39, 0.29) is 18.6 Å². The predicted molar refractivity (Wildman–Crippen MR) is 69.0 cm³/mol. The van der Waals surface area contributed by atoms with Gasteiger partial charge in [0.15, 0.2) is 6.61 Å². The van der Waals surface area contributed by atoms with Crippen molar-refractivity contribution >= 4 is 11.6 Å². The van der Waals surface area contributed by atoms with E-state index in [0.29, 0.717) is 11.4 Å². The van der Waals surface area contributed by atoms with Gasteiger partial charge >= 0.3 is 0 Å². The zero-order valence-corrected chi connectivity index (χ0v) is 11.0. The molecule has 1 aromatic carbocycles. The Bertz CT molecular complexity index is 508. The van der Waals surface area contributed by atoms with Crippen LogP contribution in [-0.4, -0.2) is 36.7 Å². The van der Waals surface area contributed by atoms with Gasteiger partial charge in [0.05, 0.1) is 12.2 Å². The number of anilines is 1. The summed E-state index contributed by atoms with van der Waals surface area (Å²) in [7, 11) is 0. The number of carbonyl (C=O) groups is 1. The molecule has 1 heterocycles. The van der Waals surface area contributed by atoms with Crippen LogP contribution in [0.25, 0.3) is 0 Å². The lowest BCUT2D eigenvalue weighted by atomic mass is 10.1. The largest absolute Gasteiger partial charge is 0.482 e. The molecule has 1 amide bonds. The fourth-order valence-corrected chi connectivity index (χ4v) is 1.85. The highest BCUT2D eigenvalue weighted by atomic mass is 19.3. The number of fused-ring (bicyclic) bond motifs is 1. The number of aliphatic hydroxyl groups excluding tert-OH is 1. The lowest BCUT2D eigenvalue weighted by Gasteiger charge is -2.22. The van der Waals surface area contributed by atoms with Crippen LogP contribution < -0.4 is 15.4 Å². The molecule has 0 fully saturated rings. The van der Waals surface area contributed by atoms with Crippen molar-refractivity contribution in [2.75, 3.05) is 25.1 Å². The summed E-state index contributed by atoms with van der Waals surface area (Å²) in [5.41, 5.74) is 1.27. The fourth-order valence-electron chi connectivity index (χ4n) is 1.85. The monoisotopic (exact) mass is 286 g/mol. The number of amides is 1. The van der Waals surface area contributed by atoms with Crippen LogP contribution in [0.3, 0.4) is 0 Å². The molecule has 1 aliphatic rings. The Kier molecular flexibility index (Phi) is 4.20. The Labute approximate surface area is 114 Å². The van der Waals surface area contributed by atoms with Crippen molar-refractivity contribution in [3.8, 4) is 5.75 Å². The smallest absolute Gasteiger partial charge is 0.282 e. The van der Waals surface area contributed by atoms with Gasteiger partial charge in [0.1, 0.15) is 12.4 Å². The number of aliphatic hydroxyl groups is 1. The number of alkyl halides is 2. The number of hydrogen-bond donors (Lipinski definition) is 3. The van der Waals surface area contributed by atoms with E-state index in [4.69, 9.17) is 9.84 Å². The lowest BCUT2D eigenvalue weighted by Crippen LogP contribution is -2.37. The zero-order chi connectivity index (χ0) is 14.8. The summed E-state index contributed by atoms with van der Waals surface area (Å²) in [6.45, 7) is -0.116. The molecular formula is C13H16F2N2O3. The van der Waals surface area contributed by atoms with Gasteiger partial charge in [0.2, 0.25) is 0 Å². The number of halogens is 2. The van der Waals surface area contributed by atoms with Crippen molar-refractivity contribution in [1.29, 1.82) is 0 Å². The number of rotatable bonds is 5. The van der Waals surface area contributed by atoms with Gasteiger partial charge in [-0.15, -0.1) is 0 Å². The molecule has 1 atom stereocenters. The summed E-state index contributed by atoms with van der Waals surface area (Å²) in [5, 5.41) is 13.8. The van der Waals surface area contributed by atoms with Crippen LogP contribution in [0.15, 0.2) is 18.2 Å². The van der Waals surface area contributed by atoms with Gasteiger partial charge in [-0.3, -0.25) is 4.79 Å². The Balaban J connectivity index is 2.05. The second-order valence-corrected chi connectivity index (χ2v) is 4.71. The van der Waals surface area contributed by atoms with E-state index in [2.05, 4.69) is 10.6 Å². The minimum atomic E-state index is -3.15. The van der Waals surface area contributed by atoms with Crippen LogP contribution in [0.1, 0.15) is 18.5 Å². The first-order chi connectivity index (χ1) is 9.41. The SMILES string of the molecule is CC(NCC(F)(F)CO)c1ccc2c(c1)NC(=O)CO2. The van der Waals surface area contributed by atoms with Crippen molar-refractivity contribution in [1.82, 2.24) is 5.32 Å². The van der Waals surface area contributed by atoms with Gasteiger partial charge in [0, 0.05) is 6.04 Å². The molecule has 0 spiro atoms. The first kappa shape index (κ1) is 14.7. The minimum Gasteiger partial charge on any atom is -0.482 e. The van der Waals surface area contributed by atoms with Gasteiger partial charge in [-0.2, -0.15) is 0 Å². The molecule has 0 aliphatic carbocycles. The molecule has 0 saturated carbocycles. The summed E-state index contributed by atoms with van der Waals surface area (Å²) in [5.74, 6) is -2.84. The van der Waals surface area contributed by atoms with Gasteiger partial charge in [-0.25, -0.2) is 8.78 Å². The number of benzene rings is 1. The number of hydrogen-bond acceptors (Lipinski definition) is 4. The van der Waals surface area contributed by atoms with Gasteiger partial charge in [-0.05, 0) is 24.6 Å². The normalized spacial score (nSPS) is 16.1. The molecule has 7 heteroatoms. The highest BCUT2D eigenvalue weighted by molar-refractivity contribution is 5.95. The first-order valence-electron chi connectivity index (χ1n) is 6.20. The van der Waals surface area contributed by atoms with Crippen molar-refractivity contribution in [2.24, 2.45) is 0 Å². The Morgan fingerprint density at radius 1 is 1.55 bits per heavy atom. The minimum absolute atomic E-state index is 0.0249. The van der Waals surface area contributed by atoms with Crippen LogP contribution in [0.5, 0.6) is 5.75 Å². The molecule has 0 bridgehead atoms. The Morgan fingerprint density at radius 2 is 2.30 bits per heavy atom. The second kappa shape index (κ2) is 5.72. The second-order valence-electron chi connectivity index (χ2n) is 4.71. The number of carbonyl (C=O) groups excluding carboxylic acids is 1. The molecule has 110 valence electrons.